The molecule has 3 rings (SSSR count). The molecule has 0 radical (unpaired) electrons. The van der Waals surface area contributed by atoms with Crippen molar-refractivity contribution in [3.8, 4) is 0 Å². The van der Waals surface area contributed by atoms with Gasteiger partial charge in [-0.3, -0.25) is 4.79 Å². The number of esters is 1. The molecular formula is C20H25ClO7. The molecule has 1 aromatic carbocycles. The highest BCUT2D eigenvalue weighted by molar-refractivity contribution is 6.30. The minimum absolute atomic E-state index is 0.182. The molecule has 1 N–H and O–H groups in total. The van der Waals surface area contributed by atoms with E-state index in [1.165, 1.54) is 13.2 Å². The summed E-state index contributed by atoms with van der Waals surface area (Å²) in [4.78, 5) is 12.6. The molecule has 7 nitrogen and oxygen atoms in total. The zero-order valence-corrected chi connectivity index (χ0v) is 17.0. The first kappa shape index (κ1) is 21.1. The average molecular weight is 413 g/mol. The number of hydrogen-bond donors (Lipinski definition) is 1. The monoisotopic (exact) mass is 412 g/mol. The molecule has 5 atom stereocenters. The van der Waals surface area contributed by atoms with Gasteiger partial charge < -0.3 is 28.8 Å². The number of carbonyl (C=O) groups excluding carboxylic acids is 1. The van der Waals surface area contributed by atoms with E-state index in [0.29, 0.717) is 16.3 Å². The van der Waals surface area contributed by atoms with Gasteiger partial charge in [-0.1, -0.05) is 23.7 Å². The van der Waals surface area contributed by atoms with Crippen LogP contribution in [0.2, 0.25) is 5.02 Å². The average Bonchev–Trinajstić information content (AvgIpc) is 3.09. The Morgan fingerprint density at radius 2 is 2.14 bits per heavy atom. The quantitative estimate of drug-likeness (QED) is 0.719. The molecule has 28 heavy (non-hydrogen) atoms. The normalized spacial score (nSPS) is 29.2. The lowest BCUT2D eigenvalue weighted by atomic mass is 9.94. The number of halogens is 1. The summed E-state index contributed by atoms with van der Waals surface area (Å²) < 4.78 is 28.1. The van der Waals surface area contributed by atoms with Crippen LogP contribution in [-0.4, -0.2) is 49.1 Å². The first-order chi connectivity index (χ1) is 13.3. The Morgan fingerprint density at radius 1 is 1.39 bits per heavy atom. The van der Waals surface area contributed by atoms with E-state index in [2.05, 4.69) is 0 Å². The maximum Gasteiger partial charge on any atom is 0.315 e. The Bertz CT molecular complexity index is 748. The number of aliphatic hydroxyl groups excluding tert-OH is 1. The summed E-state index contributed by atoms with van der Waals surface area (Å²) in [6, 6.07) is 6.68. The molecular weight excluding hydrogens is 388 g/mol. The van der Waals surface area contributed by atoms with Crippen molar-refractivity contribution >= 4 is 17.6 Å². The van der Waals surface area contributed by atoms with Crippen molar-refractivity contribution in [3.05, 3.63) is 46.7 Å². The van der Waals surface area contributed by atoms with Crippen LogP contribution < -0.4 is 0 Å². The van der Waals surface area contributed by atoms with Gasteiger partial charge in [0.15, 0.2) is 11.9 Å². The molecule has 2 saturated heterocycles. The standard InChI is InChI=1S/C20H25ClO7/c1-5-25-18(23)13(15(22)11-7-6-8-12(21)9-11)10-14-16(24-4)17-19(26-14)28-20(2,3)27-17/h6-10,13,15-17,19,22H,5H2,1-4H3/b14-10-/t13?,15?,16-,17+,19+/m0/s1. The summed E-state index contributed by atoms with van der Waals surface area (Å²) >= 11 is 6.02. The first-order valence-electron chi connectivity index (χ1n) is 9.12. The SMILES string of the molecule is CCOC(=O)C(/C=C1\O[C@@H]2OC(C)(C)O[C@@H]2[C@H]1OC)C(O)c1cccc(Cl)c1. The molecule has 1 aromatic rings. The molecule has 0 bridgehead atoms. The Balaban J connectivity index is 1.90. The number of fused-ring (bicyclic) bond motifs is 1. The highest BCUT2D eigenvalue weighted by Gasteiger charge is 2.54. The fraction of sp³-hybridized carbons (Fsp3) is 0.550. The van der Waals surface area contributed by atoms with Gasteiger partial charge in [-0.25, -0.2) is 0 Å². The van der Waals surface area contributed by atoms with Gasteiger partial charge in [-0.2, -0.15) is 0 Å². The molecule has 2 heterocycles. The van der Waals surface area contributed by atoms with Gasteiger partial charge >= 0.3 is 5.97 Å². The minimum atomic E-state index is -1.18. The van der Waals surface area contributed by atoms with Crippen molar-refractivity contribution < 1.29 is 33.6 Å². The summed E-state index contributed by atoms with van der Waals surface area (Å²) in [6.07, 6.45) is -1.37. The molecule has 2 fully saturated rings. The van der Waals surface area contributed by atoms with Crippen LogP contribution >= 0.6 is 11.6 Å². The van der Waals surface area contributed by atoms with Crippen LogP contribution in [0.3, 0.4) is 0 Å². The van der Waals surface area contributed by atoms with Crippen LogP contribution in [0.15, 0.2) is 36.1 Å². The number of methoxy groups -OCH3 is 1. The molecule has 8 heteroatoms. The van der Waals surface area contributed by atoms with Gasteiger partial charge in [0, 0.05) is 12.1 Å². The van der Waals surface area contributed by atoms with Crippen molar-refractivity contribution in [1.82, 2.24) is 0 Å². The second-order valence-electron chi connectivity index (χ2n) is 7.09. The van der Waals surface area contributed by atoms with Gasteiger partial charge in [-0.15, -0.1) is 0 Å². The van der Waals surface area contributed by atoms with Gasteiger partial charge in [0.2, 0.25) is 6.29 Å². The second-order valence-corrected chi connectivity index (χ2v) is 7.53. The van der Waals surface area contributed by atoms with Gasteiger partial charge in [0.25, 0.3) is 0 Å². The maximum absolute atomic E-state index is 12.6. The van der Waals surface area contributed by atoms with E-state index in [9.17, 15) is 9.90 Å². The summed E-state index contributed by atoms with van der Waals surface area (Å²) in [5, 5.41) is 11.3. The van der Waals surface area contributed by atoms with Crippen LogP contribution in [0.1, 0.15) is 32.4 Å². The Kier molecular flexibility index (Phi) is 6.31. The van der Waals surface area contributed by atoms with E-state index in [1.807, 2.05) is 0 Å². The zero-order chi connectivity index (χ0) is 20.5. The number of rotatable bonds is 6. The molecule has 0 amide bonds. The van der Waals surface area contributed by atoms with Gasteiger partial charge in [0.05, 0.1) is 12.7 Å². The predicted molar refractivity (Wildman–Crippen MR) is 100 cm³/mol. The van der Waals surface area contributed by atoms with E-state index in [4.69, 9.17) is 35.3 Å². The lowest BCUT2D eigenvalue weighted by molar-refractivity contribution is -0.190. The van der Waals surface area contributed by atoms with E-state index in [-0.39, 0.29) is 6.61 Å². The van der Waals surface area contributed by atoms with E-state index >= 15 is 0 Å². The molecule has 2 aliphatic rings. The zero-order valence-electron chi connectivity index (χ0n) is 16.3. The molecule has 154 valence electrons. The van der Waals surface area contributed by atoms with Crippen LogP contribution in [-0.2, 0) is 28.5 Å². The lowest BCUT2D eigenvalue weighted by Crippen LogP contribution is -2.31. The number of benzene rings is 1. The largest absolute Gasteiger partial charge is 0.465 e. The van der Waals surface area contributed by atoms with E-state index in [0.717, 1.165) is 0 Å². The first-order valence-corrected chi connectivity index (χ1v) is 9.50. The summed E-state index contributed by atoms with van der Waals surface area (Å²) in [5.74, 6) is -2.04. The highest BCUT2D eigenvalue weighted by atomic mass is 35.5. The Hall–Kier alpha value is -1.64. The van der Waals surface area contributed by atoms with Crippen molar-refractivity contribution in [2.24, 2.45) is 5.92 Å². The smallest absolute Gasteiger partial charge is 0.315 e. The summed E-state index contributed by atoms with van der Waals surface area (Å²) in [5.41, 5.74) is 0.489. The number of hydrogen-bond acceptors (Lipinski definition) is 7. The minimum Gasteiger partial charge on any atom is -0.465 e. The van der Waals surface area contributed by atoms with Crippen LogP contribution in [0.5, 0.6) is 0 Å². The second kappa shape index (κ2) is 8.39. The Labute approximate surface area is 169 Å². The van der Waals surface area contributed by atoms with Crippen LogP contribution in [0.4, 0.5) is 0 Å². The molecule has 0 spiro atoms. The molecule has 2 aliphatic heterocycles. The summed E-state index contributed by atoms with van der Waals surface area (Å²) in [6.45, 7) is 5.46. The van der Waals surface area contributed by atoms with E-state index in [1.54, 1.807) is 45.0 Å². The third-order valence-corrected chi connectivity index (χ3v) is 4.84. The third kappa shape index (κ3) is 4.34. The van der Waals surface area contributed by atoms with Crippen molar-refractivity contribution in [1.29, 1.82) is 0 Å². The van der Waals surface area contributed by atoms with Crippen LogP contribution in [0.25, 0.3) is 0 Å². The molecule has 0 aliphatic carbocycles. The lowest BCUT2D eigenvalue weighted by Gasteiger charge is -2.23. The molecule has 0 saturated carbocycles. The highest BCUT2D eigenvalue weighted by Crippen LogP contribution is 2.41. The van der Waals surface area contributed by atoms with E-state index < -0.39 is 42.3 Å². The van der Waals surface area contributed by atoms with Crippen molar-refractivity contribution in [3.63, 3.8) is 0 Å². The third-order valence-electron chi connectivity index (χ3n) is 4.61. The fourth-order valence-electron chi connectivity index (χ4n) is 3.40. The maximum atomic E-state index is 12.6. The molecule has 0 aromatic heterocycles. The topological polar surface area (TPSA) is 83.5 Å². The Morgan fingerprint density at radius 3 is 2.79 bits per heavy atom. The number of ether oxygens (including phenoxy) is 5. The molecule has 2 unspecified atom stereocenters. The van der Waals surface area contributed by atoms with Crippen molar-refractivity contribution in [2.75, 3.05) is 13.7 Å². The predicted octanol–water partition coefficient (Wildman–Crippen LogP) is 2.96. The summed E-state index contributed by atoms with van der Waals surface area (Å²) in [7, 11) is 1.52. The fourth-order valence-corrected chi connectivity index (χ4v) is 3.60. The van der Waals surface area contributed by atoms with Crippen LogP contribution in [0, 0.1) is 5.92 Å². The van der Waals surface area contributed by atoms with Gasteiger partial charge in [0.1, 0.15) is 17.8 Å². The van der Waals surface area contributed by atoms with Crippen molar-refractivity contribution in [2.45, 2.75) is 51.2 Å². The van der Waals surface area contributed by atoms with Gasteiger partial charge in [-0.05, 0) is 44.5 Å². The number of aliphatic hydroxyl groups is 1. The number of carbonyl (C=O) groups is 1.